The molecule has 0 spiro atoms. The number of carbonyl (C=O) groups is 1. The van der Waals surface area contributed by atoms with Crippen LogP contribution in [0.2, 0.25) is 0 Å². The molecule has 5 nitrogen and oxygen atoms in total. The summed E-state index contributed by atoms with van der Waals surface area (Å²) in [4.78, 5) is 21.0. The van der Waals surface area contributed by atoms with Crippen LogP contribution in [0.4, 0.5) is 0 Å². The zero-order valence-corrected chi connectivity index (χ0v) is 15.4. The first-order valence-corrected chi connectivity index (χ1v) is 9.54. The first-order valence-electron chi connectivity index (χ1n) is 8.66. The van der Waals surface area contributed by atoms with Crippen molar-refractivity contribution in [2.45, 2.75) is 6.42 Å². The van der Waals surface area contributed by atoms with Crippen LogP contribution >= 0.6 is 11.3 Å². The standard InChI is InChI=1S/C21H18N4OS/c26-20(16-5-7-19(8-6-16)25-12-1-2-13-25)23-11-9-18-15-27-21(24-18)17-4-3-10-22-14-17/h1-8,10,12-15H,9,11H2,(H,23,26). The highest BCUT2D eigenvalue weighted by Gasteiger charge is 2.08. The zero-order valence-electron chi connectivity index (χ0n) is 14.6. The fourth-order valence-electron chi connectivity index (χ4n) is 2.74. The van der Waals surface area contributed by atoms with Gasteiger partial charge in [-0.25, -0.2) is 4.98 Å². The fraction of sp³-hybridized carbons (Fsp3) is 0.0952. The SMILES string of the molecule is O=C(NCCc1csc(-c2cccnc2)n1)c1ccc(-n2cccc2)cc1. The van der Waals surface area contributed by atoms with Crippen LogP contribution < -0.4 is 5.32 Å². The van der Waals surface area contributed by atoms with Crippen molar-refractivity contribution >= 4 is 17.2 Å². The van der Waals surface area contributed by atoms with Crippen LogP contribution in [0.5, 0.6) is 0 Å². The molecule has 1 amide bonds. The molecule has 134 valence electrons. The van der Waals surface area contributed by atoms with Crippen LogP contribution in [0, 0.1) is 0 Å². The normalized spacial score (nSPS) is 10.7. The van der Waals surface area contributed by atoms with Crippen LogP contribution in [0.1, 0.15) is 16.1 Å². The Morgan fingerprint density at radius 1 is 1.07 bits per heavy atom. The van der Waals surface area contributed by atoms with E-state index < -0.39 is 0 Å². The van der Waals surface area contributed by atoms with Gasteiger partial charge in [-0.1, -0.05) is 0 Å². The van der Waals surface area contributed by atoms with Crippen molar-refractivity contribution in [3.05, 3.63) is 90.0 Å². The lowest BCUT2D eigenvalue weighted by Gasteiger charge is -2.06. The summed E-state index contributed by atoms with van der Waals surface area (Å²) in [5.74, 6) is -0.0724. The molecule has 0 unspecified atom stereocenters. The van der Waals surface area contributed by atoms with E-state index in [1.54, 1.807) is 17.5 Å². The van der Waals surface area contributed by atoms with Crippen molar-refractivity contribution in [1.82, 2.24) is 19.9 Å². The highest BCUT2D eigenvalue weighted by Crippen LogP contribution is 2.22. The number of thiazole rings is 1. The largest absolute Gasteiger partial charge is 0.352 e. The summed E-state index contributed by atoms with van der Waals surface area (Å²) >= 11 is 1.59. The Bertz CT molecular complexity index is 1010. The third-order valence-corrected chi connectivity index (χ3v) is 5.10. The van der Waals surface area contributed by atoms with E-state index >= 15 is 0 Å². The van der Waals surface area contributed by atoms with E-state index in [1.165, 1.54) is 0 Å². The second-order valence-electron chi connectivity index (χ2n) is 6.03. The van der Waals surface area contributed by atoms with Gasteiger partial charge in [0.1, 0.15) is 5.01 Å². The minimum Gasteiger partial charge on any atom is -0.352 e. The summed E-state index contributed by atoms with van der Waals surface area (Å²) in [6, 6.07) is 15.4. The molecule has 0 fully saturated rings. The number of benzene rings is 1. The predicted molar refractivity (Wildman–Crippen MR) is 107 cm³/mol. The average Bonchev–Trinajstić information content (AvgIpc) is 3.41. The number of hydrogen-bond acceptors (Lipinski definition) is 4. The number of nitrogens with zero attached hydrogens (tertiary/aromatic N) is 3. The van der Waals surface area contributed by atoms with Crippen LogP contribution in [0.25, 0.3) is 16.3 Å². The molecule has 0 saturated carbocycles. The monoisotopic (exact) mass is 374 g/mol. The van der Waals surface area contributed by atoms with Gasteiger partial charge in [0.05, 0.1) is 5.69 Å². The van der Waals surface area contributed by atoms with Gasteiger partial charge in [-0.3, -0.25) is 9.78 Å². The Kier molecular flexibility index (Phi) is 5.07. The maximum absolute atomic E-state index is 12.3. The molecule has 6 heteroatoms. The molecule has 3 heterocycles. The fourth-order valence-corrected chi connectivity index (χ4v) is 3.59. The second-order valence-corrected chi connectivity index (χ2v) is 6.89. The van der Waals surface area contributed by atoms with E-state index in [4.69, 9.17) is 0 Å². The van der Waals surface area contributed by atoms with Gasteiger partial charge < -0.3 is 9.88 Å². The van der Waals surface area contributed by atoms with Gasteiger partial charge in [-0.2, -0.15) is 0 Å². The van der Waals surface area contributed by atoms with Crippen molar-refractivity contribution in [3.8, 4) is 16.3 Å². The van der Waals surface area contributed by atoms with E-state index in [-0.39, 0.29) is 5.91 Å². The van der Waals surface area contributed by atoms with Crippen molar-refractivity contribution in [3.63, 3.8) is 0 Å². The zero-order chi connectivity index (χ0) is 18.5. The van der Waals surface area contributed by atoms with E-state index in [1.807, 2.05) is 77.1 Å². The van der Waals surface area contributed by atoms with Crippen LogP contribution in [-0.4, -0.2) is 27.0 Å². The van der Waals surface area contributed by atoms with Crippen LogP contribution in [-0.2, 0) is 6.42 Å². The molecular weight excluding hydrogens is 356 g/mol. The van der Waals surface area contributed by atoms with Crippen molar-refractivity contribution in [2.75, 3.05) is 6.54 Å². The lowest BCUT2D eigenvalue weighted by atomic mass is 10.2. The minimum absolute atomic E-state index is 0.0724. The third-order valence-electron chi connectivity index (χ3n) is 4.16. The number of amides is 1. The summed E-state index contributed by atoms with van der Waals surface area (Å²) in [6.07, 6.45) is 8.20. The van der Waals surface area contributed by atoms with Crippen molar-refractivity contribution in [2.24, 2.45) is 0 Å². The quantitative estimate of drug-likeness (QED) is 0.556. The highest BCUT2D eigenvalue weighted by molar-refractivity contribution is 7.13. The molecule has 4 aromatic rings. The molecule has 0 bridgehead atoms. The molecule has 0 saturated heterocycles. The Hall–Kier alpha value is -3.25. The summed E-state index contributed by atoms with van der Waals surface area (Å²) < 4.78 is 2.00. The average molecular weight is 374 g/mol. The molecule has 0 aliphatic carbocycles. The number of nitrogens with one attached hydrogen (secondary N) is 1. The minimum atomic E-state index is -0.0724. The number of rotatable bonds is 6. The van der Waals surface area contributed by atoms with E-state index in [9.17, 15) is 4.79 Å². The number of carbonyl (C=O) groups excluding carboxylic acids is 1. The number of hydrogen-bond donors (Lipinski definition) is 1. The molecule has 0 aliphatic rings. The van der Waals surface area contributed by atoms with Gasteiger partial charge >= 0.3 is 0 Å². The van der Waals surface area contributed by atoms with Gasteiger partial charge in [0, 0.05) is 59.9 Å². The number of pyridine rings is 1. The molecule has 3 aromatic heterocycles. The van der Waals surface area contributed by atoms with Gasteiger partial charge in [-0.05, 0) is 48.5 Å². The van der Waals surface area contributed by atoms with Crippen molar-refractivity contribution in [1.29, 1.82) is 0 Å². The summed E-state index contributed by atoms with van der Waals surface area (Å²) in [6.45, 7) is 0.550. The maximum Gasteiger partial charge on any atom is 0.251 e. The van der Waals surface area contributed by atoms with Crippen molar-refractivity contribution < 1.29 is 4.79 Å². The number of aromatic nitrogens is 3. The van der Waals surface area contributed by atoms with Gasteiger partial charge in [0.25, 0.3) is 5.91 Å². The molecule has 4 rings (SSSR count). The molecular formula is C21H18N4OS. The summed E-state index contributed by atoms with van der Waals surface area (Å²) in [5.41, 5.74) is 3.67. The van der Waals surface area contributed by atoms with Gasteiger partial charge in [-0.15, -0.1) is 11.3 Å². The Morgan fingerprint density at radius 2 is 1.89 bits per heavy atom. The topological polar surface area (TPSA) is 59.8 Å². The first kappa shape index (κ1) is 17.2. The molecule has 0 aliphatic heterocycles. The van der Waals surface area contributed by atoms with E-state index in [0.717, 1.165) is 22.0 Å². The predicted octanol–water partition coefficient (Wildman–Crippen LogP) is 3.97. The highest BCUT2D eigenvalue weighted by atomic mass is 32.1. The molecule has 27 heavy (non-hydrogen) atoms. The van der Waals surface area contributed by atoms with Gasteiger partial charge in [0.15, 0.2) is 0 Å². The second kappa shape index (κ2) is 7.97. The lowest BCUT2D eigenvalue weighted by molar-refractivity contribution is 0.0954. The first-order chi connectivity index (χ1) is 13.3. The maximum atomic E-state index is 12.3. The van der Waals surface area contributed by atoms with E-state index in [0.29, 0.717) is 18.5 Å². The molecule has 1 N–H and O–H groups in total. The Morgan fingerprint density at radius 3 is 2.63 bits per heavy atom. The van der Waals surface area contributed by atoms with E-state index in [2.05, 4.69) is 15.3 Å². The van der Waals surface area contributed by atoms with Gasteiger partial charge in [0.2, 0.25) is 0 Å². The Balaban J connectivity index is 1.31. The molecule has 0 atom stereocenters. The smallest absolute Gasteiger partial charge is 0.251 e. The molecule has 0 radical (unpaired) electrons. The van der Waals surface area contributed by atoms with Crippen LogP contribution in [0.15, 0.2) is 78.7 Å². The summed E-state index contributed by atoms with van der Waals surface area (Å²) in [5, 5.41) is 5.93. The molecule has 1 aromatic carbocycles. The summed E-state index contributed by atoms with van der Waals surface area (Å²) in [7, 11) is 0. The third kappa shape index (κ3) is 4.12. The Labute approximate surface area is 161 Å². The van der Waals surface area contributed by atoms with Crippen LogP contribution in [0.3, 0.4) is 0 Å². The lowest BCUT2D eigenvalue weighted by Crippen LogP contribution is -2.25.